The minimum atomic E-state index is -0.928. The van der Waals surface area contributed by atoms with Crippen LogP contribution in [0.15, 0.2) is 35.5 Å². The van der Waals surface area contributed by atoms with E-state index in [1.54, 1.807) is 25.1 Å². The van der Waals surface area contributed by atoms with E-state index < -0.39 is 5.97 Å². The van der Waals surface area contributed by atoms with Crippen molar-refractivity contribution in [3.8, 4) is 0 Å². The van der Waals surface area contributed by atoms with Gasteiger partial charge in [-0.3, -0.25) is 4.79 Å². The summed E-state index contributed by atoms with van der Waals surface area (Å²) in [4.78, 5) is 36.0. The number of aromatic carboxylic acids is 1. The molecule has 1 aliphatic heterocycles. The van der Waals surface area contributed by atoms with Crippen LogP contribution in [-0.2, 0) is 17.0 Å². The molecule has 1 fully saturated rings. The van der Waals surface area contributed by atoms with Crippen LogP contribution in [0.2, 0.25) is 0 Å². The lowest BCUT2D eigenvalue weighted by Gasteiger charge is -2.35. The Morgan fingerprint density at radius 1 is 1.14 bits per heavy atom. The van der Waals surface area contributed by atoms with Crippen LogP contribution in [-0.4, -0.2) is 58.0 Å². The van der Waals surface area contributed by atoms with E-state index in [0.717, 1.165) is 36.6 Å². The molecule has 1 aromatic heterocycles. The lowest BCUT2D eigenvalue weighted by Crippen LogP contribution is -2.48. The third kappa shape index (κ3) is 5.01. The van der Waals surface area contributed by atoms with Gasteiger partial charge in [-0.1, -0.05) is 30.8 Å². The highest BCUT2D eigenvalue weighted by Crippen LogP contribution is 2.24. The average molecular weight is 401 g/mol. The molecule has 1 N–H and O–H groups in total. The van der Waals surface area contributed by atoms with Crippen LogP contribution in [0.4, 0.5) is 5.82 Å². The Kier molecular flexibility index (Phi) is 6.51. The Labute approximate surface area is 168 Å². The SMILES string of the molecule is CCc1cc(N2CCN(C(C)=O)CC2)nc(SCc2cccc(C(=O)O)c2)n1. The number of benzene rings is 1. The minimum absolute atomic E-state index is 0.108. The Morgan fingerprint density at radius 2 is 1.89 bits per heavy atom. The first-order chi connectivity index (χ1) is 13.5. The fourth-order valence-corrected chi connectivity index (χ4v) is 3.87. The highest BCUT2D eigenvalue weighted by molar-refractivity contribution is 7.98. The summed E-state index contributed by atoms with van der Waals surface area (Å²) in [6.07, 6.45) is 0.811. The molecule has 1 amide bonds. The van der Waals surface area contributed by atoms with E-state index in [2.05, 4.69) is 16.8 Å². The number of carboxylic acid groups (broad SMARTS) is 1. The Balaban J connectivity index is 1.72. The van der Waals surface area contributed by atoms with E-state index >= 15 is 0 Å². The average Bonchev–Trinajstić information content (AvgIpc) is 2.72. The van der Waals surface area contributed by atoms with Crippen molar-refractivity contribution in [1.82, 2.24) is 14.9 Å². The lowest BCUT2D eigenvalue weighted by atomic mass is 10.1. The van der Waals surface area contributed by atoms with Gasteiger partial charge in [0.1, 0.15) is 5.82 Å². The van der Waals surface area contributed by atoms with Crippen LogP contribution >= 0.6 is 11.8 Å². The molecule has 0 saturated carbocycles. The highest BCUT2D eigenvalue weighted by atomic mass is 32.2. The highest BCUT2D eigenvalue weighted by Gasteiger charge is 2.20. The van der Waals surface area contributed by atoms with Gasteiger partial charge in [-0.25, -0.2) is 14.8 Å². The molecule has 7 nitrogen and oxygen atoms in total. The van der Waals surface area contributed by atoms with Crippen molar-refractivity contribution < 1.29 is 14.7 Å². The lowest BCUT2D eigenvalue weighted by molar-refractivity contribution is -0.129. The van der Waals surface area contributed by atoms with Gasteiger partial charge in [-0.05, 0) is 24.1 Å². The predicted molar refractivity (Wildman–Crippen MR) is 109 cm³/mol. The third-order valence-corrected chi connectivity index (χ3v) is 5.62. The number of hydrogen-bond acceptors (Lipinski definition) is 6. The maximum absolute atomic E-state index is 11.5. The number of amides is 1. The molecule has 0 spiro atoms. The van der Waals surface area contributed by atoms with Crippen LogP contribution in [0.5, 0.6) is 0 Å². The maximum Gasteiger partial charge on any atom is 0.335 e. The second-order valence-electron chi connectivity index (χ2n) is 6.64. The summed E-state index contributed by atoms with van der Waals surface area (Å²) in [7, 11) is 0. The van der Waals surface area contributed by atoms with Crippen molar-refractivity contribution >= 4 is 29.5 Å². The number of hydrogen-bond donors (Lipinski definition) is 1. The largest absolute Gasteiger partial charge is 0.478 e. The van der Waals surface area contributed by atoms with Crippen molar-refractivity contribution in [2.75, 3.05) is 31.1 Å². The molecule has 1 saturated heterocycles. The molecule has 28 heavy (non-hydrogen) atoms. The van der Waals surface area contributed by atoms with Crippen molar-refractivity contribution in [1.29, 1.82) is 0 Å². The first kappa shape index (κ1) is 20.1. The predicted octanol–water partition coefficient (Wildman–Crippen LogP) is 2.70. The van der Waals surface area contributed by atoms with Crippen molar-refractivity contribution in [2.45, 2.75) is 31.2 Å². The van der Waals surface area contributed by atoms with Gasteiger partial charge in [0.05, 0.1) is 5.56 Å². The smallest absolute Gasteiger partial charge is 0.335 e. The number of anilines is 1. The Bertz CT molecular complexity index is 866. The first-order valence-electron chi connectivity index (χ1n) is 9.29. The monoisotopic (exact) mass is 400 g/mol. The van der Waals surface area contributed by atoms with Gasteiger partial charge in [0.15, 0.2) is 5.16 Å². The normalized spacial score (nSPS) is 14.2. The van der Waals surface area contributed by atoms with Crippen molar-refractivity contribution in [2.24, 2.45) is 0 Å². The minimum Gasteiger partial charge on any atom is -0.478 e. The molecule has 0 radical (unpaired) electrons. The number of rotatable bonds is 6. The molecular formula is C20H24N4O3S. The standard InChI is InChI=1S/C20H24N4O3S/c1-3-17-12-18(24-9-7-23(8-10-24)14(2)25)22-20(21-17)28-13-15-5-4-6-16(11-15)19(26)27/h4-6,11-12H,3,7-10,13H2,1-2H3,(H,26,27). The molecular weight excluding hydrogens is 376 g/mol. The summed E-state index contributed by atoms with van der Waals surface area (Å²) in [6, 6.07) is 8.94. The summed E-state index contributed by atoms with van der Waals surface area (Å²) in [5.74, 6) is 0.669. The summed E-state index contributed by atoms with van der Waals surface area (Å²) in [5, 5.41) is 9.82. The molecule has 148 valence electrons. The van der Waals surface area contributed by atoms with E-state index in [1.807, 2.05) is 17.0 Å². The number of carbonyl (C=O) groups is 2. The number of aromatic nitrogens is 2. The molecule has 1 aromatic carbocycles. The zero-order valence-corrected chi connectivity index (χ0v) is 16.9. The van der Waals surface area contributed by atoms with Crippen LogP contribution in [0, 0.1) is 0 Å². The van der Waals surface area contributed by atoms with E-state index in [0.29, 0.717) is 24.0 Å². The van der Waals surface area contributed by atoms with Crippen LogP contribution < -0.4 is 4.90 Å². The molecule has 0 unspecified atom stereocenters. The number of thioether (sulfide) groups is 1. The first-order valence-corrected chi connectivity index (χ1v) is 10.3. The number of carbonyl (C=O) groups excluding carboxylic acids is 1. The molecule has 3 rings (SSSR count). The van der Waals surface area contributed by atoms with Gasteiger partial charge >= 0.3 is 5.97 Å². The zero-order valence-electron chi connectivity index (χ0n) is 16.1. The molecule has 0 atom stereocenters. The van der Waals surface area contributed by atoms with E-state index in [4.69, 9.17) is 10.1 Å². The fraction of sp³-hybridized carbons (Fsp3) is 0.400. The second kappa shape index (κ2) is 9.05. The second-order valence-corrected chi connectivity index (χ2v) is 7.58. The summed E-state index contributed by atoms with van der Waals surface area (Å²) < 4.78 is 0. The maximum atomic E-state index is 11.5. The van der Waals surface area contributed by atoms with Gasteiger partial charge in [-0.15, -0.1) is 0 Å². The quantitative estimate of drug-likeness (QED) is 0.589. The Morgan fingerprint density at radius 3 is 2.54 bits per heavy atom. The van der Waals surface area contributed by atoms with Gasteiger partial charge in [0.2, 0.25) is 5.91 Å². The van der Waals surface area contributed by atoms with Gasteiger partial charge in [-0.2, -0.15) is 0 Å². The molecule has 1 aliphatic rings. The molecule has 0 aliphatic carbocycles. The summed E-state index contributed by atoms with van der Waals surface area (Å²) in [6.45, 7) is 6.57. The summed E-state index contributed by atoms with van der Waals surface area (Å²) >= 11 is 1.50. The topological polar surface area (TPSA) is 86.6 Å². The number of piperazine rings is 1. The molecule has 8 heteroatoms. The van der Waals surface area contributed by atoms with Crippen LogP contribution in [0.25, 0.3) is 0 Å². The van der Waals surface area contributed by atoms with E-state index in [-0.39, 0.29) is 11.5 Å². The Hall–Kier alpha value is -2.61. The van der Waals surface area contributed by atoms with E-state index in [1.165, 1.54) is 11.8 Å². The van der Waals surface area contributed by atoms with Crippen LogP contribution in [0.1, 0.15) is 35.5 Å². The summed E-state index contributed by atoms with van der Waals surface area (Å²) in [5.41, 5.74) is 2.18. The fourth-order valence-electron chi connectivity index (χ4n) is 3.06. The number of aryl methyl sites for hydroxylation is 1. The van der Waals surface area contributed by atoms with Crippen molar-refractivity contribution in [3.63, 3.8) is 0 Å². The molecule has 2 heterocycles. The molecule has 0 bridgehead atoms. The molecule has 2 aromatic rings. The zero-order chi connectivity index (χ0) is 20.1. The number of carboxylic acids is 1. The van der Waals surface area contributed by atoms with Crippen LogP contribution in [0.3, 0.4) is 0 Å². The van der Waals surface area contributed by atoms with Crippen molar-refractivity contribution in [3.05, 3.63) is 47.2 Å². The van der Waals surface area contributed by atoms with Gasteiger partial charge < -0.3 is 14.9 Å². The number of nitrogens with zero attached hydrogens (tertiary/aromatic N) is 4. The van der Waals surface area contributed by atoms with Gasteiger partial charge in [0.25, 0.3) is 0 Å². The van der Waals surface area contributed by atoms with E-state index in [9.17, 15) is 9.59 Å². The van der Waals surface area contributed by atoms with Gasteiger partial charge in [0, 0.05) is 50.6 Å². The third-order valence-electron chi connectivity index (χ3n) is 4.70.